The third-order valence-electron chi connectivity index (χ3n) is 5.29. The first kappa shape index (κ1) is 16.8. The number of rotatable bonds is 4. The van der Waals surface area contributed by atoms with Crippen LogP contribution < -0.4 is 10.6 Å². The van der Waals surface area contributed by atoms with E-state index in [0.29, 0.717) is 18.5 Å². The fourth-order valence-electron chi connectivity index (χ4n) is 2.86. The first-order chi connectivity index (χ1) is 10.2. The first-order valence-corrected chi connectivity index (χ1v) is 7.68. The third kappa shape index (κ3) is 2.84. The highest BCUT2D eigenvalue weighted by atomic mass is 16.5. The minimum Gasteiger partial charge on any atom is -0.444 e. The molecule has 1 aromatic heterocycles. The lowest BCUT2D eigenvalue weighted by molar-refractivity contribution is -0.176. The van der Waals surface area contributed by atoms with E-state index in [1.54, 1.807) is 14.2 Å². The molecule has 1 heterocycles. The van der Waals surface area contributed by atoms with E-state index >= 15 is 0 Å². The molecule has 0 saturated heterocycles. The van der Waals surface area contributed by atoms with Crippen molar-refractivity contribution in [3.63, 3.8) is 0 Å². The molecule has 6 heteroatoms. The quantitative estimate of drug-likeness (QED) is 0.659. The normalized spacial score (nSPS) is 27.4. The molecule has 0 amide bonds. The largest absolute Gasteiger partial charge is 0.444 e. The molecule has 22 heavy (non-hydrogen) atoms. The standard InChI is InChI=1S/C16H28N4O2/c1-10-11(2)22-13(19-10)9-18-14(17-6)20-12-8-16(5,21-7)15(12,3)4/h12H,8-9H2,1-7H3,(H2,17,18,20). The highest BCUT2D eigenvalue weighted by Gasteiger charge is 2.58. The van der Waals surface area contributed by atoms with Crippen molar-refractivity contribution in [1.29, 1.82) is 0 Å². The van der Waals surface area contributed by atoms with Gasteiger partial charge in [-0.15, -0.1) is 0 Å². The smallest absolute Gasteiger partial charge is 0.214 e. The molecular weight excluding hydrogens is 280 g/mol. The number of guanidine groups is 1. The molecule has 1 aliphatic carbocycles. The Bertz CT molecular complexity index is 545. The van der Waals surface area contributed by atoms with Gasteiger partial charge in [-0.3, -0.25) is 4.99 Å². The van der Waals surface area contributed by atoms with Crippen LogP contribution in [-0.2, 0) is 11.3 Å². The molecule has 2 unspecified atom stereocenters. The summed E-state index contributed by atoms with van der Waals surface area (Å²) < 4.78 is 11.2. The average Bonchev–Trinajstić information content (AvgIpc) is 2.80. The molecule has 1 aliphatic rings. The van der Waals surface area contributed by atoms with Gasteiger partial charge in [0, 0.05) is 25.6 Å². The Labute approximate surface area is 132 Å². The molecule has 0 aromatic carbocycles. The Morgan fingerprint density at radius 3 is 2.55 bits per heavy atom. The van der Waals surface area contributed by atoms with E-state index in [-0.39, 0.29) is 11.0 Å². The Hall–Kier alpha value is -1.56. The summed E-state index contributed by atoms with van der Waals surface area (Å²) in [6.07, 6.45) is 0.953. The van der Waals surface area contributed by atoms with Crippen LogP contribution in [0.15, 0.2) is 9.41 Å². The number of nitrogens with one attached hydrogen (secondary N) is 2. The van der Waals surface area contributed by atoms with Gasteiger partial charge in [0.1, 0.15) is 5.76 Å². The molecule has 0 radical (unpaired) electrons. The second kappa shape index (κ2) is 5.91. The maximum absolute atomic E-state index is 5.65. The maximum Gasteiger partial charge on any atom is 0.214 e. The Morgan fingerprint density at radius 1 is 1.41 bits per heavy atom. The molecule has 1 fully saturated rings. The summed E-state index contributed by atoms with van der Waals surface area (Å²) >= 11 is 0. The SMILES string of the molecule is CN=C(NCc1nc(C)c(C)o1)NC1CC(C)(OC)C1(C)C. The number of hydrogen-bond donors (Lipinski definition) is 2. The van der Waals surface area contributed by atoms with E-state index < -0.39 is 0 Å². The highest BCUT2D eigenvalue weighted by molar-refractivity contribution is 5.80. The van der Waals surface area contributed by atoms with Crippen LogP contribution in [0.5, 0.6) is 0 Å². The number of nitrogens with zero attached hydrogens (tertiary/aromatic N) is 2. The van der Waals surface area contributed by atoms with Crippen LogP contribution in [0.4, 0.5) is 0 Å². The zero-order chi connectivity index (χ0) is 16.5. The van der Waals surface area contributed by atoms with Crippen LogP contribution in [0.1, 0.15) is 44.5 Å². The van der Waals surface area contributed by atoms with E-state index in [1.807, 2.05) is 13.8 Å². The fourth-order valence-corrected chi connectivity index (χ4v) is 2.86. The number of oxazole rings is 1. The van der Waals surface area contributed by atoms with Crippen LogP contribution >= 0.6 is 0 Å². The Balaban J connectivity index is 1.91. The molecule has 1 saturated carbocycles. The van der Waals surface area contributed by atoms with Crippen LogP contribution in [0.25, 0.3) is 0 Å². The molecule has 1 aromatic rings. The number of ether oxygens (including phenoxy) is 1. The zero-order valence-electron chi connectivity index (χ0n) is 14.7. The predicted molar refractivity (Wildman–Crippen MR) is 86.9 cm³/mol. The van der Waals surface area contributed by atoms with Crippen molar-refractivity contribution in [1.82, 2.24) is 15.6 Å². The van der Waals surface area contributed by atoms with Crippen molar-refractivity contribution in [2.24, 2.45) is 10.4 Å². The van der Waals surface area contributed by atoms with Crippen molar-refractivity contribution in [3.05, 3.63) is 17.3 Å². The van der Waals surface area contributed by atoms with Crippen molar-refractivity contribution in [3.8, 4) is 0 Å². The third-order valence-corrected chi connectivity index (χ3v) is 5.29. The van der Waals surface area contributed by atoms with Crippen LogP contribution in [0.2, 0.25) is 0 Å². The van der Waals surface area contributed by atoms with Gasteiger partial charge in [-0.05, 0) is 27.2 Å². The van der Waals surface area contributed by atoms with Crippen molar-refractivity contribution in [2.75, 3.05) is 14.2 Å². The molecular formula is C16H28N4O2. The van der Waals surface area contributed by atoms with E-state index in [2.05, 4.69) is 41.4 Å². The minimum atomic E-state index is -0.0969. The summed E-state index contributed by atoms with van der Waals surface area (Å²) in [5.74, 6) is 2.29. The van der Waals surface area contributed by atoms with Gasteiger partial charge in [0.2, 0.25) is 5.89 Å². The second-order valence-electron chi connectivity index (χ2n) is 6.73. The highest BCUT2D eigenvalue weighted by Crippen LogP contribution is 2.51. The number of aryl methyl sites for hydroxylation is 2. The van der Waals surface area contributed by atoms with Crippen LogP contribution in [0.3, 0.4) is 0 Å². The van der Waals surface area contributed by atoms with E-state index in [9.17, 15) is 0 Å². The van der Waals surface area contributed by atoms with Gasteiger partial charge < -0.3 is 19.8 Å². The summed E-state index contributed by atoms with van der Waals surface area (Å²) in [5, 5.41) is 6.71. The molecule has 124 valence electrons. The lowest BCUT2D eigenvalue weighted by Gasteiger charge is -2.59. The van der Waals surface area contributed by atoms with Gasteiger partial charge >= 0.3 is 0 Å². The number of aliphatic imine (C=N–C) groups is 1. The molecule has 2 N–H and O–H groups in total. The van der Waals surface area contributed by atoms with Gasteiger partial charge in [0.05, 0.1) is 17.8 Å². The molecule has 0 bridgehead atoms. The van der Waals surface area contributed by atoms with E-state index in [1.165, 1.54) is 0 Å². The molecule has 6 nitrogen and oxygen atoms in total. The summed E-state index contributed by atoms with van der Waals surface area (Å²) in [5.41, 5.74) is 0.867. The van der Waals surface area contributed by atoms with Gasteiger partial charge in [-0.1, -0.05) is 13.8 Å². The zero-order valence-corrected chi connectivity index (χ0v) is 14.7. The molecule has 0 aliphatic heterocycles. The number of aromatic nitrogens is 1. The van der Waals surface area contributed by atoms with E-state index in [4.69, 9.17) is 9.15 Å². The van der Waals surface area contributed by atoms with Crippen molar-refractivity contribution >= 4 is 5.96 Å². The fraction of sp³-hybridized carbons (Fsp3) is 0.750. The van der Waals surface area contributed by atoms with Gasteiger partial charge in [-0.2, -0.15) is 0 Å². The average molecular weight is 308 g/mol. The molecule has 0 spiro atoms. The van der Waals surface area contributed by atoms with Gasteiger partial charge in [-0.25, -0.2) is 4.98 Å². The van der Waals surface area contributed by atoms with Gasteiger partial charge in [0.25, 0.3) is 0 Å². The summed E-state index contributed by atoms with van der Waals surface area (Å²) in [4.78, 5) is 8.64. The monoisotopic (exact) mass is 308 g/mol. The van der Waals surface area contributed by atoms with Crippen LogP contribution in [-0.4, -0.2) is 36.7 Å². The van der Waals surface area contributed by atoms with Crippen LogP contribution in [0, 0.1) is 19.3 Å². The Morgan fingerprint density at radius 2 is 2.09 bits per heavy atom. The van der Waals surface area contributed by atoms with Gasteiger partial charge in [0.15, 0.2) is 5.96 Å². The van der Waals surface area contributed by atoms with E-state index in [0.717, 1.165) is 23.8 Å². The first-order valence-electron chi connectivity index (χ1n) is 7.68. The topological polar surface area (TPSA) is 71.7 Å². The lowest BCUT2D eigenvalue weighted by atomic mass is 9.56. The lowest BCUT2D eigenvalue weighted by Crippen LogP contribution is -2.69. The maximum atomic E-state index is 5.65. The Kier molecular flexibility index (Phi) is 4.52. The van der Waals surface area contributed by atoms with Crippen molar-refractivity contribution < 1.29 is 9.15 Å². The predicted octanol–water partition coefficient (Wildman–Crippen LogP) is 2.16. The number of hydrogen-bond acceptors (Lipinski definition) is 4. The summed E-state index contributed by atoms with van der Waals surface area (Å²) in [6, 6.07) is 0.316. The molecule has 2 rings (SSSR count). The molecule has 2 atom stereocenters. The minimum absolute atomic E-state index is 0.0372. The van der Waals surface area contributed by atoms with Crippen molar-refractivity contribution in [2.45, 2.75) is 59.2 Å². The number of methoxy groups -OCH3 is 1. The summed E-state index contributed by atoms with van der Waals surface area (Å²) in [6.45, 7) is 11.0. The second-order valence-corrected chi connectivity index (χ2v) is 6.73. The summed E-state index contributed by atoms with van der Waals surface area (Å²) in [7, 11) is 3.54.